The predicted molar refractivity (Wildman–Crippen MR) is 97.2 cm³/mol. The minimum Gasteiger partial charge on any atom is -0.477 e. The van der Waals surface area contributed by atoms with E-state index in [2.05, 4.69) is 28.2 Å². The second kappa shape index (κ2) is 9.56. The van der Waals surface area contributed by atoms with E-state index in [-0.39, 0.29) is 25.8 Å². The van der Waals surface area contributed by atoms with Gasteiger partial charge >= 0.3 is 5.97 Å². The van der Waals surface area contributed by atoms with Crippen molar-refractivity contribution >= 4 is 16.7 Å². The molecule has 0 bridgehead atoms. The third-order valence-corrected chi connectivity index (χ3v) is 3.52. The molecule has 0 fully saturated rings. The van der Waals surface area contributed by atoms with Crippen LogP contribution in [0.5, 0.6) is 0 Å². The van der Waals surface area contributed by atoms with Gasteiger partial charge in [-0.1, -0.05) is 30.3 Å². The largest absolute Gasteiger partial charge is 0.477 e. The van der Waals surface area contributed by atoms with Crippen molar-refractivity contribution in [2.75, 3.05) is 0 Å². The number of benzene rings is 2. The number of nitrogens with zero attached hydrogens (tertiary/aromatic N) is 2. The van der Waals surface area contributed by atoms with Crippen molar-refractivity contribution < 1.29 is 30.0 Å². The number of carbonyl (C=O) groups is 1. The van der Waals surface area contributed by atoms with Crippen LogP contribution in [0.25, 0.3) is 22.0 Å². The van der Waals surface area contributed by atoms with Crippen LogP contribution in [0.4, 0.5) is 0 Å². The van der Waals surface area contributed by atoms with Crippen LogP contribution >= 0.6 is 0 Å². The Morgan fingerprint density at radius 1 is 0.846 bits per heavy atom. The fourth-order valence-corrected chi connectivity index (χ4v) is 2.36. The third kappa shape index (κ3) is 4.82. The summed E-state index contributed by atoms with van der Waals surface area (Å²) in [7, 11) is 0. The maximum atomic E-state index is 10.1. The van der Waals surface area contributed by atoms with Crippen molar-refractivity contribution in [2.45, 2.75) is 0 Å². The van der Waals surface area contributed by atoms with Crippen LogP contribution < -0.4 is 0 Å². The fourth-order valence-electron chi connectivity index (χ4n) is 2.36. The molecule has 26 heavy (non-hydrogen) atoms. The average Bonchev–Trinajstić information content (AvgIpc) is 2.69. The van der Waals surface area contributed by atoms with E-state index >= 15 is 0 Å². The number of carboxylic acids is 1. The van der Waals surface area contributed by atoms with Crippen molar-refractivity contribution in [1.29, 1.82) is 0 Å². The third-order valence-electron chi connectivity index (χ3n) is 3.52. The fraction of sp³-hybridized carbons (Fsp3) is 0. The first-order chi connectivity index (χ1) is 12.3. The van der Waals surface area contributed by atoms with Gasteiger partial charge in [-0.3, -0.25) is 0 Å². The van der Waals surface area contributed by atoms with Gasteiger partial charge in [-0.25, -0.2) is 9.78 Å². The van der Waals surface area contributed by atoms with Gasteiger partial charge < -0.3 is 10.1 Å². The van der Waals surface area contributed by atoms with Crippen LogP contribution in [0.2, 0.25) is 0 Å². The monoisotopic (exact) mass is 520 g/mol. The maximum Gasteiger partial charge on any atom is 0.354 e. The predicted octanol–water partition coefficient (Wildman–Crippen LogP) is 4.48. The van der Waals surface area contributed by atoms with Crippen molar-refractivity contribution in [3.63, 3.8) is 0 Å². The first kappa shape index (κ1) is 19.4. The molecule has 0 aliphatic rings. The number of hydrogen-bond donors (Lipinski definition) is 1. The number of rotatable bonds is 2. The van der Waals surface area contributed by atoms with Crippen LogP contribution in [-0.4, -0.2) is 21.0 Å². The summed E-state index contributed by atoms with van der Waals surface area (Å²) in [6.45, 7) is 0. The second-order valence-corrected chi connectivity index (χ2v) is 5.18. The molecule has 0 spiro atoms. The molecule has 0 saturated heterocycles. The Kier molecular flexibility index (Phi) is 7.15. The molecule has 0 atom stereocenters. The van der Waals surface area contributed by atoms with Crippen molar-refractivity contribution in [3.8, 4) is 11.3 Å². The summed E-state index contributed by atoms with van der Waals surface area (Å²) in [5.41, 5.74) is 2.12. The molecule has 1 N–H and O–H groups in total. The van der Waals surface area contributed by atoms with Gasteiger partial charge in [-0.15, -0.1) is 35.9 Å². The molecule has 0 saturated carbocycles. The summed E-state index contributed by atoms with van der Waals surface area (Å²) in [5.74, 6) is -0.990. The molecule has 5 heteroatoms. The van der Waals surface area contributed by atoms with Crippen molar-refractivity contribution in [3.05, 3.63) is 97.0 Å². The quantitative estimate of drug-likeness (QED) is 0.397. The van der Waals surface area contributed by atoms with Crippen molar-refractivity contribution in [1.82, 2.24) is 9.97 Å². The molecule has 0 aliphatic heterocycles. The second-order valence-electron chi connectivity index (χ2n) is 5.18. The van der Waals surface area contributed by atoms with Crippen LogP contribution in [-0.2, 0) is 20.1 Å². The Bertz CT molecular complexity index is 971. The van der Waals surface area contributed by atoms with Crippen LogP contribution in [0, 0.1) is 6.07 Å². The van der Waals surface area contributed by atoms with E-state index in [0.29, 0.717) is 0 Å². The zero-order valence-electron chi connectivity index (χ0n) is 13.7. The van der Waals surface area contributed by atoms with E-state index in [9.17, 15) is 4.79 Å². The minimum absolute atomic E-state index is 0. The number of carboxylic acid groups (broad SMARTS) is 1. The molecule has 2 aromatic heterocycles. The van der Waals surface area contributed by atoms with Gasteiger partial charge in [0.05, 0.1) is 0 Å². The molecule has 0 unspecified atom stereocenters. The van der Waals surface area contributed by atoms with Gasteiger partial charge in [0.15, 0.2) is 0 Å². The molecular formula is C21H15IrN2O2-. The number of fused-ring (bicyclic) bond motifs is 1. The average molecular weight is 520 g/mol. The Hall–Kier alpha value is -2.88. The van der Waals surface area contributed by atoms with Crippen molar-refractivity contribution in [2.24, 2.45) is 0 Å². The molecule has 2 aromatic carbocycles. The molecule has 2 heterocycles. The Morgan fingerprint density at radius 2 is 1.62 bits per heavy atom. The molecule has 0 aliphatic carbocycles. The van der Waals surface area contributed by atoms with Gasteiger partial charge in [0, 0.05) is 32.5 Å². The summed E-state index contributed by atoms with van der Waals surface area (Å²) in [5, 5.41) is 10.7. The molecule has 4 aromatic rings. The summed E-state index contributed by atoms with van der Waals surface area (Å²) in [6, 6.07) is 26.2. The molecule has 4 nitrogen and oxygen atoms in total. The van der Waals surface area contributed by atoms with Gasteiger partial charge in [0.25, 0.3) is 0 Å². The Morgan fingerprint density at radius 3 is 2.27 bits per heavy atom. The van der Waals surface area contributed by atoms with E-state index in [0.717, 1.165) is 11.3 Å². The van der Waals surface area contributed by atoms with E-state index in [1.807, 2.05) is 48.7 Å². The van der Waals surface area contributed by atoms with Gasteiger partial charge in [0.1, 0.15) is 5.69 Å². The normalized spacial score (nSPS) is 9.54. The zero-order chi connectivity index (χ0) is 17.5. The first-order valence-electron chi connectivity index (χ1n) is 7.71. The summed E-state index contributed by atoms with van der Waals surface area (Å²) in [4.78, 5) is 18.2. The van der Waals surface area contributed by atoms with Crippen LogP contribution in [0.3, 0.4) is 0 Å². The van der Waals surface area contributed by atoms with E-state index < -0.39 is 5.97 Å². The number of aromatic carboxylic acids is 1. The first-order valence-corrected chi connectivity index (χ1v) is 7.71. The Labute approximate surface area is 164 Å². The molecule has 0 amide bonds. The smallest absolute Gasteiger partial charge is 0.354 e. The number of pyridine rings is 2. The van der Waals surface area contributed by atoms with E-state index in [1.54, 1.807) is 12.1 Å². The topological polar surface area (TPSA) is 63.1 Å². The van der Waals surface area contributed by atoms with Crippen LogP contribution in [0.15, 0.2) is 85.2 Å². The summed E-state index contributed by atoms with van der Waals surface area (Å²) in [6.07, 6.45) is 3.29. The SMILES string of the molecule is O=C(O)c1ccccn1.[Ir].[c-]1ccccc1-c1nccc2ccccc12. The molecular weight excluding hydrogens is 504 g/mol. The number of hydrogen-bond acceptors (Lipinski definition) is 3. The van der Waals surface area contributed by atoms with Crippen LogP contribution in [0.1, 0.15) is 10.5 Å². The molecule has 1 radical (unpaired) electrons. The number of aromatic nitrogens is 2. The maximum absolute atomic E-state index is 10.1. The zero-order valence-corrected chi connectivity index (χ0v) is 16.1. The summed E-state index contributed by atoms with van der Waals surface area (Å²) < 4.78 is 0. The minimum atomic E-state index is -0.990. The van der Waals surface area contributed by atoms with Gasteiger partial charge in [0.2, 0.25) is 0 Å². The summed E-state index contributed by atoms with van der Waals surface area (Å²) >= 11 is 0. The standard InChI is InChI=1S/C15H10N.C6H5NO2.Ir/c1-2-7-13(8-3-1)15-14-9-5-4-6-12(14)10-11-16-15;8-6(9)5-3-1-2-4-7-5;/h1-7,9-11H;1-4H,(H,8,9);/q-1;;. The van der Waals surface area contributed by atoms with E-state index in [1.165, 1.54) is 23.0 Å². The van der Waals surface area contributed by atoms with Gasteiger partial charge in [-0.2, -0.15) is 0 Å². The van der Waals surface area contributed by atoms with Gasteiger partial charge in [-0.05, 0) is 34.7 Å². The Balaban J connectivity index is 0.000000210. The van der Waals surface area contributed by atoms with E-state index in [4.69, 9.17) is 5.11 Å². The molecule has 131 valence electrons. The molecule has 4 rings (SSSR count).